The molecule has 104 valence electrons. The Morgan fingerprint density at radius 1 is 0.905 bits per heavy atom. The van der Waals surface area contributed by atoms with E-state index in [1.165, 1.54) is 17.5 Å². The molecule has 0 atom stereocenters. The fraction of sp³-hybridized carbons (Fsp3) is 0.0556. The number of hydrogen-bond donors (Lipinski definition) is 0. The van der Waals surface area contributed by atoms with Crippen LogP contribution in [0.25, 0.3) is 10.8 Å². The van der Waals surface area contributed by atoms with Crippen LogP contribution in [-0.4, -0.2) is 5.71 Å². The third kappa shape index (κ3) is 3.08. The van der Waals surface area contributed by atoms with Gasteiger partial charge in [-0.2, -0.15) is 0 Å². The molecule has 3 rings (SSSR count). The van der Waals surface area contributed by atoms with Crippen LogP contribution in [0.3, 0.4) is 0 Å². The molecule has 0 N–H and O–H groups in total. The van der Waals surface area contributed by atoms with Crippen LogP contribution in [0.4, 0.5) is 4.39 Å². The van der Waals surface area contributed by atoms with Crippen LogP contribution in [0.15, 0.2) is 71.9 Å². The van der Waals surface area contributed by atoms with E-state index < -0.39 is 0 Å². The van der Waals surface area contributed by atoms with E-state index in [0.29, 0.717) is 5.75 Å². The Kier molecular flexibility index (Phi) is 3.65. The van der Waals surface area contributed by atoms with Crippen LogP contribution in [-0.2, 0) is 0 Å². The molecule has 0 heterocycles. The second-order valence-electron chi connectivity index (χ2n) is 4.78. The summed E-state index contributed by atoms with van der Waals surface area (Å²) in [5.74, 6) is 0.217. The molecule has 3 heteroatoms. The first-order valence-corrected chi connectivity index (χ1v) is 6.69. The van der Waals surface area contributed by atoms with Gasteiger partial charge < -0.3 is 4.84 Å². The average molecular weight is 279 g/mol. The molecular formula is C18H14FNO. The molecule has 2 nitrogen and oxygen atoms in total. The van der Waals surface area contributed by atoms with Gasteiger partial charge in [0.1, 0.15) is 5.82 Å². The molecule has 3 aromatic carbocycles. The summed E-state index contributed by atoms with van der Waals surface area (Å²) in [5.41, 5.74) is 1.76. The highest BCUT2D eigenvalue weighted by Gasteiger charge is 2.01. The molecule has 0 radical (unpaired) electrons. The van der Waals surface area contributed by atoms with Gasteiger partial charge in [0.15, 0.2) is 5.75 Å². The van der Waals surface area contributed by atoms with E-state index in [4.69, 9.17) is 4.84 Å². The van der Waals surface area contributed by atoms with Gasteiger partial charge in [-0.15, -0.1) is 0 Å². The fourth-order valence-electron chi connectivity index (χ4n) is 2.08. The maximum atomic E-state index is 12.8. The lowest BCUT2D eigenvalue weighted by atomic mass is 10.0. The number of nitrogens with zero attached hydrogens (tertiary/aromatic N) is 1. The van der Waals surface area contributed by atoms with Crippen LogP contribution in [0.5, 0.6) is 5.75 Å². The van der Waals surface area contributed by atoms with Crippen LogP contribution in [0.1, 0.15) is 12.5 Å². The van der Waals surface area contributed by atoms with Crippen molar-refractivity contribution in [1.82, 2.24) is 0 Å². The molecule has 0 saturated carbocycles. The van der Waals surface area contributed by atoms with Gasteiger partial charge >= 0.3 is 0 Å². The molecule has 0 aliphatic carbocycles. The van der Waals surface area contributed by atoms with Crippen LogP contribution in [0.2, 0.25) is 0 Å². The third-order valence-corrected chi connectivity index (χ3v) is 3.27. The second-order valence-corrected chi connectivity index (χ2v) is 4.78. The fourth-order valence-corrected chi connectivity index (χ4v) is 2.08. The summed E-state index contributed by atoms with van der Waals surface area (Å²) in [5, 5.41) is 6.44. The number of halogens is 1. The van der Waals surface area contributed by atoms with Crippen molar-refractivity contribution in [2.75, 3.05) is 0 Å². The first kappa shape index (κ1) is 13.3. The van der Waals surface area contributed by atoms with Gasteiger partial charge in [0.25, 0.3) is 0 Å². The zero-order valence-electron chi connectivity index (χ0n) is 11.6. The molecule has 0 amide bonds. The van der Waals surface area contributed by atoms with Gasteiger partial charge in [-0.05, 0) is 53.6 Å². The summed E-state index contributed by atoms with van der Waals surface area (Å²) in [6, 6.07) is 20.1. The zero-order valence-corrected chi connectivity index (χ0v) is 11.6. The number of fused-ring (bicyclic) bond motifs is 1. The lowest BCUT2D eigenvalue weighted by Crippen LogP contribution is -1.97. The molecule has 0 aliphatic rings. The van der Waals surface area contributed by atoms with Gasteiger partial charge in [-0.25, -0.2) is 4.39 Å². The lowest BCUT2D eigenvalue weighted by Gasteiger charge is -2.04. The first-order chi connectivity index (χ1) is 10.2. The Bertz CT molecular complexity index is 794. The molecule has 0 unspecified atom stereocenters. The first-order valence-electron chi connectivity index (χ1n) is 6.69. The monoisotopic (exact) mass is 279 g/mol. The molecule has 0 fully saturated rings. The van der Waals surface area contributed by atoms with Crippen LogP contribution in [0, 0.1) is 5.82 Å². The molecule has 21 heavy (non-hydrogen) atoms. The Hall–Kier alpha value is -2.68. The maximum absolute atomic E-state index is 12.8. The zero-order chi connectivity index (χ0) is 14.7. The standard InChI is InChI=1S/C18H14FNO/c1-13(20-21-18-10-8-17(19)9-11-18)15-7-6-14-4-2-3-5-16(14)12-15/h2-12H,1H3/b20-13+. The van der Waals surface area contributed by atoms with Crippen molar-refractivity contribution in [3.05, 3.63) is 78.1 Å². The molecular weight excluding hydrogens is 265 g/mol. The number of hydrogen-bond acceptors (Lipinski definition) is 2. The Labute approximate surface area is 122 Å². The third-order valence-electron chi connectivity index (χ3n) is 3.27. The SMILES string of the molecule is C/C(=N\Oc1ccc(F)cc1)c1ccc2ccccc2c1. The molecule has 3 aromatic rings. The minimum absolute atomic E-state index is 0.294. The van der Waals surface area contributed by atoms with E-state index in [2.05, 4.69) is 29.4 Å². The lowest BCUT2D eigenvalue weighted by molar-refractivity contribution is 0.340. The Balaban J connectivity index is 1.83. The van der Waals surface area contributed by atoms with E-state index >= 15 is 0 Å². The highest BCUT2D eigenvalue weighted by atomic mass is 19.1. The number of oxime groups is 1. The average Bonchev–Trinajstić information content (AvgIpc) is 2.53. The molecule has 0 aliphatic heterocycles. The molecule has 0 aromatic heterocycles. The highest BCUT2D eigenvalue weighted by molar-refractivity contribution is 6.01. The van der Waals surface area contributed by atoms with E-state index in [1.54, 1.807) is 12.1 Å². The van der Waals surface area contributed by atoms with Crippen molar-refractivity contribution in [3.63, 3.8) is 0 Å². The van der Waals surface area contributed by atoms with E-state index in [-0.39, 0.29) is 5.82 Å². The van der Waals surface area contributed by atoms with Gasteiger partial charge in [0.2, 0.25) is 0 Å². The van der Waals surface area contributed by atoms with Crippen LogP contribution >= 0.6 is 0 Å². The topological polar surface area (TPSA) is 21.6 Å². The molecule has 0 bridgehead atoms. The smallest absolute Gasteiger partial charge is 0.158 e. The predicted molar refractivity (Wildman–Crippen MR) is 83.2 cm³/mol. The van der Waals surface area contributed by atoms with Gasteiger partial charge in [0, 0.05) is 0 Å². The number of benzene rings is 3. The van der Waals surface area contributed by atoms with E-state index in [9.17, 15) is 4.39 Å². The summed E-state index contributed by atoms with van der Waals surface area (Å²) in [6.07, 6.45) is 0. The van der Waals surface area contributed by atoms with Crippen molar-refractivity contribution < 1.29 is 9.23 Å². The van der Waals surface area contributed by atoms with Gasteiger partial charge in [-0.1, -0.05) is 41.6 Å². The van der Waals surface area contributed by atoms with Gasteiger partial charge in [0.05, 0.1) is 5.71 Å². The summed E-state index contributed by atoms with van der Waals surface area (Å²) in [7, 11) is 0. The van der Waals surface area contributed by atoms with Gasteiger partial charge in [-0.3, -0.25) is 0 Å². The van der Waals surface area contributed by atoms with E-state index in [1.807, 2.05) is 25.1 Å². The largest absolute Gasteiger partial charge is 0.357 e. The van der Waals surface area contributed by atoms with Crippen molar-refractivity contribution in [2.24, 2.45) is 5.16 Å². The van der Waals surface area contributed by atoms with E-state index in [0.717, 1.165) is 16.7 Å². The maximum Gasteiger partial charge on any atom is 0.158 e. The van der Waals surface area contributed by atoms with Crippen molar-refractivity contribution in [2.45, 2.75) is 6.92 Å². The van der Waals surface area contributed by atoms with Crippen molar-refractivity contribution in [1.29, 1.82) is 0 Å². The second kappa shape index (κ2) is 5.75. The highest BCUT2D eigenvalue weighted by Crippen LogP contribution is 2.17. The predicted octanol–water partition coefficient (Wildman–Crippen LogP) is 4.78. The quantitative estimate of drug-likeness (QED) is 0.499. The summed E-state index contributed by atoms with van der Waals surface area (Å²) in [4.78, 5) is 5.31. The Morgan fingerprint density at radius 2 is 1.62 bits per heavy atom. The number of rotatable bonds is 3. The molecule has 0 spiro atoms. The van der Waals surface area contributed by atoms with Crippen molar-refractivity contribution in [3.8, 4) is 5.75 Å². The minimum atomic E-state index is -0.294. The minimum Gasteiger partial charge on any atom is -0.357 e. The summed E-state index contributed by atoms with van der Waals surface area (Å²) >= 11 is 0. The van der Waals surface area contributed by atoms with Crippen LogP contribution < -0.4 is 4.84 Å². The Morgan fingerprint density at radius 3 is 2.38 bits per heavy atom. The summed E-state index contributed by atoms with van der Waals surface area (Å²) in [6.45, 7) is 1.88. The van der Waals surface area contributed by atoms with Crippen molar-refractivity contribution >= 4 is 16.5 Å². The summed E-state index contributed by atoms with van der Waals surface area (Å²) < 4.78 is 12.8. The normalized spacial score (nSPS) is 11.6. The molecule has 0 saturated heterocycles.